The smallest absolute Gasteiger partial charge is 0.269 e. The van der Waals surface area contributed by atoms with Crippen molar-refractivity contribution >= 4 is 27.3 Å². The summed E-state index contributed by atoms with van der Waals surface area (Å²) in [6.45, 7) is 0.232. The van der Waals surface area contributed by atoms with Crippen LogP contribution in [0.5, 0.6) is 0 Å². The highest BCUT2D eigenvalue weighted by Gasteiger charge is 2.19. The van der Waals surface area contributed by atoms with Gasteiger partial charge >= 0.3 is 0 Å². The van der Waals surface area contributed by atoms with E-state index >= 15 is 0 Å². The van der Waals surface area contributed by atoms with Gasteiger partial charge in [-0.25, -0.2) is 8.42 Å². The third-order valence-electron chi connectivity index (χ3n) is 3.95. The Morgan fingerprint density at radius 2 is 1.76 bits per heavy atom. The second-order valence-electron chi connectivity index (χ2n) is 5.95. The van der Waals surface area contributed by atoms with Crippen LogP contribution in [0.3, 0.4) is 0 Å². The van der Waals surface area contributed by atoms with Crippen molar-refractivity contribution in [2.45, 2.75) is 11.4 Å². The second kappa shape index (κ2) is 8.48. The molecule has 3 rings (SSSR count). The summed E-state index contributed by atoms with van der Waals surface area (Å²) in [5, 5.41) is 13.4. The number of rotatable bonds is 7. The molecule has 9 nitrogen and oxygen atoms in total. The predicted octanol–water partition coefficient (Wildman–Crippen LogP) is 2.72. The van der Waals surface area contributed by atoms with Crippen LogP contribution in [0, 0.1) is 10.1 Å². The minimum atomic E-state index is -4.04. The molecule has 3 aromatic rings. The number of anilines is 1. The van der Waals surface area contributed by atoms with Crippen molar-refractivity contribution in [3.05, 3.63) is 94.3 Å². The highest BCUT2D eigenvalue weighted by atomic mass is 32.2. The molecule has 2 N–H and O–H groups in total. The summed E-state index contributed by atoms with van der Waals surface area (Å²) in [5.41, 5.74) is 0.806. The van der Waals surface area contributed by atoms with E-state index in [1.165, 1.54) is 12.1 Å². The standard InChI is InChI=1S/C19H16N4O5S/c24-19(21-13-14-4-3-11-20-12-14)17-5-1-2-6-18(17)22-29(27,28)16-9-7-15(8-10-16)23(25)26/h1-12,22H,13H2,(H,21,24). The van der Waals surface area contributed by atoms with Crippen LogP contribution in [-0.2, 0) is 16.6 Å². The maximum atomic E-state index is 12.6. The van der Waals surface area contributed by atoms with E-state index < -0.39 is 20.9 Å². The maximum absolute atomic E-state index is 12.6. The quantitative estimate of drug-likeness (QED) is 0.453. The van der Waals surface area contributed by atoms with Crippen LogP contribution >= 0.6 is 0 Å². The number of nitro groups is 1. The van der Waals surface area contributed by atoms with Crippen LogP contribution in [0.2, 0.25) is 0 Å². The Morgan fingerprint density at radius 3 is 2.41 bits per heavy atom. The molecule has 148 valence electrons. The first kappa shape index (κ1) is 20.0. The van der Waals surface area contributed by atoms with E-state index in [9.17, 15) is 23.3 Å². The zero-order valence-electron chi connectivity index (χ0n) is 15.0. The molecule has 0 saturated carbocycles. The van der Waals surface area contributed by atoms with Crippen LogP contribution in [0.1, 0.15) is 15.9 Å². The summed E-state index contributed by atoms with van der Waals surface area (Å²) in [6, 6.07) is 14.2. The fourth-order valence-corrected chi connectivity index (χ4v) is 3.58. The van der Waals surface area contributed by atoms with Gasteiger partial charge in [0.15, 0.2) is 0 Å². The van der Waals surface area contributed by atoms with Gasteiger partial charge in [-0.15, -0.1) is 0 Å². The number of pyridine rings is 1. The zero-order valence-corrected chi connectivity index (χ0v) is 15.8. The Hall–Kier alpha value is -3.79. The van der Waals surface area contributed by atoms with Crippen molar-refractivity contribution in [3.63, 3.8) is 0 Å². The number of carbonyl (C=O) groups is 1. The summed E-state index contributed by atoms with van der Waals surface area (Å²) in [5.74, 6) is -0.462. The number of non-ortho nitro benzene ring substituents is 1. The molecule has 29 heavy (non-hydrogen) atoms. The molecule has 0 radical (unpaired) electrons. The summed E-state index contributed by atoms with van der Waals surface area (Å²) in [4.78, 5) is 26.5. The van der Waals surface area contributed by atoms with Gasteiger partial charge in [0.1, 0.15) is 0 Å². The van der Waals surface area contributed by atoms with E-state index in [1.54, 1.807) is 36.7 Å². The Bertz CT molecular complexity index is 1130. The maximum Gasteiger partial charge on any atom is 0.269 e. The molecular formula is C19H16N4O5S. The number of aromatic nitrogens is 1. The molecule has 0 spiro atoms. The average molecular weight is 412 g/mol. The molecule has 0 aliphatic rings. The Kier molecular flexibility index (Phi) is 5.84. The predicted molar refractivity (Wildman–Crippen MR) is 106 cm³/mol. The lowest BCUT2D eigenvalue weighted by molar-refractivity contribution is -0.384. The minimum Gasteiger partial charge on any atom is -0.348 e. The number of hydrogen-bond acceptors (Lipinski definition) is 6. The molecule has 0 fully saturated rings. The molecule has 1 heterocycles. The van der Waals surface area contributed by atoms with Crippen LogP contribution in [0.25, 0.3) is 0 Å². The number of hydrogen-bond donors (Lipinski definition) is 2. The van der Waals surface area contributed by atoms with Crippen molar-refractivity contribution in [1.82, 2.24) is 10.3 Å². The molecule has 0 aliphatic carbocycles. The Balaban J connectivity index is 1.79. The molecule has 0 aliphatic heterocycles. The summed E-state index contributed by atoms with van der Waals surface area (Å²) >= 11 is 0. The van der Waals surface area contributed by atoms with Crippen molar-refractivity contribution in [2.24, 2.45) is 0 Å². The molecular weight excluding hydrogens is 396 g/mol. The van der Waals surface area contributed by atoms with Crippen molar-refractivity contribution in [3.8, 4) is 0 Å². The molecule has 1 amide bonds. The van der Waals surface area contributed by atoms with Gasteiger partial charge in [0.2, 0.25) is 0 Å². The second-order valence-corrected chi connectivity index (χ2v) is 7.63. The zero-order chi connectivity index (χ0) is 20.9. The topological polar surface area (TPSA) is 131 Å². The number of amides is 1. The van der Waals surface area contributed by atoms with Gasteiger partial charge in [-0.1, -0.05) is 18.2 Å². The monoisotopic (exact) mass is 412 g/mol. The van der Waals surface area contributed by atoms with E-state index in [0.717, 1.165) is 29.8 Å². The number of nitrogens with zero attached hydrogens (tertiary/aromatic N) is 2. The minimum absolute atomic E-state index is 0.0922. The average Bonchev–Trinajstić information content (AvgIpc) is 2.73. The van der Waals surface area contributed by atoms with Crippen molar-refractivity contribution < 1.29 is 18.1 Å². The van der Waals surface area contributed by atoms with E-state index in [2.05, 4.69) is 15.0 Å². The van der Waals surface area contributed by atoms with Gasteiger partial charge in [0.25, 0.3) is 21.6 Å². The van der Waals surface area contributed by atoms with Gasteiger partial charge in [-0.05, 0) is 35.9 Å². The summed E-state index contributed by atoms with van der Waals surface area (Å²) in [6.07, 6.45) is 3.23. The third kappa shape index (κ3) is 4.93. The third-order valence-corrected chi connectivity index (χ3v) is 5.33. The molecule has 0 saturated heterocycles. The van der Waals surface area contributed by atoms with Crippen molar-refractivity contribution in [2.75, 3.05) is 4.72 Å². The fraction of sp³-hybridized carbons (Fsp3) is 0.0526. The normalized spacial score (nSPS) is 10.9. The summed E-state index contributed by atoms with van der Waals surface area (Å²) < 4.78 is 27.6. The molecule has 0 bridgehead atoms. The Labute approximate surface area is 166 Å². The number of benzene rings is 2. The van der Waals surface area contributed by atoms with Crippen LogP contribution in [-0.4, -0.2) is 24.2 Å². The lowest BCUT2D eigenvalue weighted by Gasteiger charge is -2.13. The van der Waals surface area contributed by atoms with Gasteiger partial charge in [-0.3, -0.25) is 24.6 Å². The van der Waals surface area contributed by atoms with E-state index in [-0.39, 0.29) is 28.4 Å². The molecule has 1 aromatic heterocycles. The molecule has 0 atom stereocenters. The first-order chi connectivity index (χ1) is 13.9. The lowest BCUT2D eigenvalue weighted by Crippen LogP contribution is -2.25. The molecule has 0 unspecified atom stereocenters. The Morgan fingerprint density at radius 1 is 1.03 bits per heavy atom. The van der Waals surface area contributed by atoms with Crippen LogP contribution in [0.4, 0.5) is 11.4 Å². The first-order valence-corrected chi connectivity index (χ1v) is 9.88. The number of nitro benzene ring substituents is 1. The highest BCUT2D eigenvalue weighted by molar-refractivity contribution is 7.92. The molecule has 10 heteroatoms. The van der Waals surface area contributed by atoms with E-state index in [1.807, 2.05) is 0 Å². The van der Waals surface area contributed by atoms with Crippen molar-refractivity contribution in [1.29, 1.82) is 0 Å². The SMILES string of the molecule is O=C(NCc1cccnc1)c1ccccc1NS(=O)(=O)c1ccc([N+](=O)[O-])cc1. The van der Waals surface area contributed by atoms with Gasteiger partial charge in [0.05, 0.1) is 21.1 Å². The van der Waals surface area contributed by atoms with Crippen LogP contribution in [0.15, 0.2) is 78.0 Å². The number of para-hydroxylation sites is 1. The van der Waals surface area contributed by atoms with E-state index in [0.29, 0.717) is 0 Å². The molecule has 2 aromatic carbocycles. The van der Waals surface area contributed by atoms with Gasteiger partial charge in [-0.2, -0.15) is 0 Å². The lowest BCUT2D eigenvalue weighted by atomic mass is 10.1. The van der Waals surface area contributed by atoms with Crippen LogP contribution < -0.4 is 10.0 Å². The van der Waals surface area contributed by atoms with E-state index in [4.69, 9.17) is 0 Å². The highest BCUT2D eigenvalue weighted by Crippen LogP contribution is 2.22. The van der Waals surface area contributed by atoms with Gasteiger partial charge < -0.3 is 5.32 Å². The number of carbonyl (C=O) groups excluding carboxylic acids is 1. The largest absolute Gasteiger partial charge is 0.348 e. The number of nitrogens with one attached hydrogen (secondary N) is 2. The first-order valence-electron chi connectivity index (χ1n) is 8.40. The fourth-order valence-electron chi connectivity index (χ4n) is 2.50. The number of sulfonamides is 1. The van der Waals surface area contributed by atoms with Gasteiger partial charge in [0, 0.05) is 31.1 Å². The summed E-state index contributed by atoms with van der Waals surface area (Å²) in [7, 11) is -4.04.